The van der Waals surface area contributed by atoms with Gasteiger partial charge in [-0.15, -0.1) is 10.2 Å². The lowest BCUT2D eigenvalue weighted by Crippen LogP contribution is -2.25. The Morgan fingerprint density at radius 3 is 2.47 bits per heavy atom. The van der Waals surface area contributed by atoms with E-state index in [9.17, 15) is 9.59 Å². The number of hydrogen-bond acceptors (Lipinski definition) is 5. The van der Waals surface area contributed by atoms with Gasteiger partial charge in [0, 0.05) is 18.5 Å². The third kappa shape index (κ3) is 4.85. The fourth-order valence-electron chi connectivity index (χ4n) is 3.66. The summed E-state index contributed by atoms with van der Waals surface area (Å²) in [6.07, 6.45) is 4.67. The molecular formula is C24H25N5O2S. The number of nitrogens with zero attached hydrogens (tertiary/aromatic N) is 3. The highest BCUT2D eigenvalue weighted by atomic mass is 32.2. The zero-order chi connectivity index (χ0) is 21.9. The van der Waals surface area contributed by atoms with Crippen LogP contribution in [0.25, 0.3) is 0 Å². The van der Waals surface area contributed by atoms with Crippen LogP contribution < -0.4 is 10.6 Å². The topological polar surface area (TPSA) is 88.9 Å². The van der Waals surface area contributed by atoms with Gasteiger partial charge in [0.05, 0.1) is 17.0 Å². The molecule has 0 saturated heterocycles. The SMILES string of the molecule is O=C(CSc1nnc(C2CC2)n1C1CC1)Nc1ccccc1C(=O)NCc1ccccc1. The summed E-state index contributed by atoms with van der Waals surface area (Å²) in [6, 6.07) is 17.3. The Hall–Kier alpha value is -3.13. The molecule has 5 rings (SSSR count). The fraction of sp³-hybridized carbons (Fsp3) is 0.333. The summed E-state index contributed by atoms with van der Waals surface area (Å²) in [5, 5.41) is 15.4. The molecule has 2 fully saturated rings. The summed E-state index contributed by atoms with van der Waals surface area (Å²) < 4.78 is 2.24. The van der Waals surface area contributed by atoms with Crippen LogP contribution in [0.4, 0.5) is 5.69 Å². The second-order valence-corrected chi connectivity index (χ2v) is 9.21. The minimum atomic E-state index is -0.222. The molecule has 2 amide bonds. The molecule has 32 heavy (non-hydrogen) atoms. The van der Waals surface area contributed by atoms with Crippen molar-refractivity contribution in [2.24, 2.45) is 0 Å². The van der Waals surface area contributed by atoms with Gasteiger partial charge in [-0.05, 0) is 43.4 Å². The predicted molar refractivity (Wildman–Crippen MR) is 124 cm³/mol. The highest BCUT2D eigenvalue weighted by molar-refractivity contribution is 7.99. The second-order valence-electron chi connectivity index (χ2n) is 8.27. The van der Waals surface area contributed by atoms with E-state index in [0.717, 1.165) is 29.4 Å². The quantitative estimate of drug-likeness (QED) is 0.481. The number of carbonyl (C=O) groups is 2. The van der Waals surface area contributed by atoms with Crippen LogP contribution in [0.2, 0.25) is 0 Å². The van der Waals surface area contributed by atoms with Crippen molar-refractivity contribution in [1.82, 2.24) is 20.1 Å². The molecule has 0 atom stereocenters. The molecule has 7 nitrogen and oxygen atoms in total. The van der Waals surface area contributed by atoms with Gasteiger partial charge in [0.25, 0.3) is 5.91 Å². The second kappa shape index (κ2) is 9.16. The van der Waals surface area contributed by atoms with Crippen LogP contribution in [0.15, 0.2) is 59.8 Å². The average molecular weight is 448 g/mol. The Labute approximate surface area is 191 Å². The van der Waals surface area contributed by atoms with Gasteiger partial charge in [-0.1, -0.05) is 54.2 Å². The Kier molecular flexibility index (Phi) is 5.94. The van der Waals surface area contributed by atoms with Crippen molar-refractivity contribution >= 4 is 29.3 Å². The molecule has 0 bridgehead atoms. The van der Waals surface area contributed by atoms with Crippen LogP contribution in [0.3, 0.4) is 0 Å². The molecule has 1 heterocycles. The number of nitrogens with one attached hydrogen (secondary N) is 2. The first kappa shape index (κ1) is 20.8. The van der Waals surface area contributed by atoms with Gasteiger partial charge >= 0.3 is 0 Å². The molecule has 1 aromatic heterocycles. The zero-order valence-corrected chi connectivity index (χ0v) is 18.5. The molecule has 2 aliphatic carbocycles. The summed E-state index contributed by atoms with van der Waals surface area (Å²) >= 11 is 1.41. The largest absolute Gasteiger partial charge is 0.348 e. The van der Waals surface area contributed by atoms with Crippen LogP contribution in [-0.2, 0) is 11.3 Å². The molecule has 0 spiro atoms. The zero-order valence-electron chi connectivity index (χ0n) is 17.7. The molecule has 2 saturated carbocycles. The van der Waals surface area contributed by atoms with E-state index < -0.39 is 0 Å². The van der Waals surface area contributed by atoms with Crippen molar-refractivity contribution in [1.29, 1.82) is 0 Å². The lowest BCUT2D eigenvalue weighted by Gasteiger charge is -2.12. The van der Waals surface area contributed by atoms with E-state index in [2.05, 4.69) is 25.4 Å². The van der Waals surface area contributed by atoms with Crippen LogP contribution in [0.1, 0.15) is 59.4 Å². The Morgan fingerprint density at radius 1 is 0.969 bits per heavy atom. The molecule has 2 aromatic carbocycles. The fourth-order valence-corrected chi connectivity index (χ4v) is 4.48. The van der Waals surface area contributed by atoms with Gasteiger partial charge < -0.3 is 15.2 Å². The first-order valence-electron chi connectivity index (χ1n) is 11.0. The maximum Gasteiger partial charge on any atom is 0.253 e. The van der Waals surface area contributed by atoms with Gasteiger partial charge in [0.1, 0.15) is 5.82 Å². The monoisotopic (exact) mass is 447 g/mol. The van der Waals surface area contributed by atoms with E-state index in [-0.39, 0.29) is 17.6 Å². The van der Waals surface area contributed by atoms with Crippen molar-refractivity contribution in [3.8, 4) is 0 Å². The molecule has 0 aliphatic heterocycles. The highest BCUT2D eigenvalue weighted by Gasteiger charge is 2.36. The van der Waals surface area contributed by atoms with Gasteiger partial charge in [0.15, 0.2) is 5.16 Å². The lowest BCUT2D eigenvalue weighted by atomic mass is 10.1. The number of hydrogen-bond donors (Lipinski definition) is 2. The molecule has 2 N–H and O–H groups in total. The number of benzene rings is 2. The van der Waals surface area contributed by atoms with E-state index >= 15 is 0 Å². The average Bonchev–Trinajstić information content (AvgIpc) is 3.76. The highest BCUT2D eigenvalue weighted by Crippen LogP contribution is 2.46. The molecule has 3 aromatic rings. The maximum atomic E-state index is 12.7. The van der Waals surface area contributed by atoms with Crippen molar-refractivity contribution in [2.45, 2.75) is 49.3 Å². The number of aromatic nitrogens is 3. The van der Waals surface area contributed by atoms with Gasteiger partial charge in [-0.25, -0.2) is 0 Å². The van der Waals surface area contributed by atoms with Gasteiger partial charge in [-0.3, -0.25) is 9.59 Å². The summed E-state index contributed by atoms with van der Waals surface area (Å²) in [4.78, 5) is 25.4. The summed E-state index contributed by atoms with van der Waals surface area (Å²) in [5.74, 6) is 1.44. The van der Waals surface area contributed by atoms with E-state index in [1.165, 1.54) is 24.6 Å². The number of anilines is 1. The van der Waals surface area contributed by atoms with E-state index in [1.807, 2.05) is 36.4 Å². The molecule has 8 heteroatoms. The number of thioether (sulfide) groups is 1. The Bertz CT molecular complexity index is 1120. The Morgan fingerprint density at radius 2 is 1.72 bits per heavy atom. The van der Waals surface area contributed by atoms with Gasteiger partial charge in [0.2, 0.25) is 5.91 Å². The van der Waals surface area contributed by atoms with Crippen molar-refractivity contribution in [3.05, 3.63) is 71.5 Å². The van der Waals surface area contributed by atoms with Crippen molar-refractivity contribution < 1.29 is 9.59 Å². The number of para-hydroxylation sites is 1. The maximum absolute atomic E-state index is 12.7. The van der Waals surface area contributed by atoms with E-state index in [4.69, 9.17) is 0 Å². The summed E-state index contributed by atoms with van der Waals surface area (Å²) in [6.45, 7) is 0.429. The van der Waals surface area contributed by atoms with Gasteiger partial charge in [-0.2, -0.15) is 0 Å². The minimum Gasteiger partial charge on any atom is -0.348 e. The number of amides is 2. The number of rotatable bonds is 9. The number of carbonyl (C=O) groups excluding carboxylic acids is 2. The Balaban J connectivity index is 1.20. The minimum absolute atomic E-state index is 0.170. The first-order chi connectivity index (χ1) is 15.7. The lowest BCUT2D eigenvalue weighted by molar-refractivity contribution is -0.113. The predicted octanol–water partition coefficient (Wildman–Crippen LogP) is 4.15. The van der Waals surface area contributed by atoms with Crippen molar-refractivity contribution in [2.75, 3.05) is 11.1 Å². The first-order valence-corrected chi connectivity index (χ1v) is 12.0. The standard InChI is InChI=1S/C24H25N5O2S/c30-21(15-32-24-28-27-22(17-10-11-17)29(24)18-12-13-18)26-20-9-5-4-8-19(20)23(31)25-14-16-6-2-1-3-7-16/h1-9,17-18H,10-15H2,(H,25,31)(H,26,30). The summed E-state index contributed by atoms with van der Waals surface area (Å²) in [7, 11) is 0. The van der Waals surface area contributed by atoms with Crippen LogP contribution in [0.5, 0.6) is 0 Å². The van der Waals surface area contributed by atoms with E-state index in [1.54, 1.807) is 18.2 Å². The van der Waals surface area contributed by atoms with Crippen LogP contribution >= 0.6 is 11.8 Å². The van der Waals surface area contributed by atoms with Crippen LogP contribution in [0, 0.1) is 0 Å². The third-order valence-corrected chi connectivity index (χ3v) is 6.56. The van der Waals surface area contributed by atoms with E-state index in [0.29, 0.717) is 29.8 Å². The normalized spacial score (nSPS) is 15.4. The van der Waals surface area contributed by atoms with Crippen molar-refractivity contribution in [3.63, 3.8) is 0 Å². The molecule has 0 unspecified atom stereocenters. The smallest absolute Gasteiger partial charge is 0.253 e. The molecule has 2 aliphatic rings. The molecular weight excluding hydrogens is 422 g/mol. The molecule has 164 valence electrons. The summed E-state index contributed by atoms with van der Waals surface area (Å²) in [5.41, 5.74) is 1.97. The third-order valence-electron chi connectivity index (χ3n) is 5.62. The molecule has 0 radical (unpaired) electrons. The van der Waals surface area contributed by atoms with Crippen LogP contribution in [-0.4, -0.2) is 32.3 Å².